The molecule has 0 radical (unpaired) electrons. The van der Waals surface area contributed by atoms with Gasteiger partial charge in [-0.15, -0.1) is 0 Å². The van der Waals surface area contributed by atoms with Crippen molar-refractivity contribution in [2.45, 2.75) is 13.0 Å². The highest BCUT2D eigenvalue weighted by Crippen LogP contribution is 2.11. The van der Waals surface area contributed by atoms with E-state index in [-0.39, 0.29) is 0 Å². The smallest absolute Gasteiger partial charge is 0.119 e. The Morgan fingerprint density at radius 2 is 2.29 bits per heavy atom. The van der Waals surface area contributed by atoms with Crippen molar-refractivity contribution in [3.05, 3.63) is 29.8 Å². The molecule has 78 valence electrons. The fourth-order valence-electron chi connectivity index (χ4n) is 1.24. The Balaban J connectivity index is 2.34. The average Bonchev–Trinajstić information content (AvgIpc) is 2.25. The summed E-state index contributed by atoms with van der Waals surface area (Å²) in [5, 5.41) is 3.32. The molecule has 0 bridgehead atoms. The van der Waals surface area contributed by atoms with E-state index in [1.165, 1.54) is 5.56 Å². The number of rotatable bonds is 6. The largest absolute Gasteiger partial charge is 0.497 e. The van der Waals surface area contributed by atoms with Gasteiger partial charge in [-0.05, 0) is 37.2 Å². The minimum absolute atomic E-state index is 0.741. The lowest BCUT2D eigenvalue weighted by atomic mass is 10.2. The third-order valence-electron chi connectivity index (χ3n) is 2.02. The van der Waals surface area contributed by atoms with Crippen LogP contribution < -0.4 is 15.8 Å². The number of hydrogen-bond acceptors (Lipinski definition) is 3. The summed E-state index contributed by atoms with van der Waals surface area (Å²) in [4.78, 5) is 0. The summed E-state index contributed by atoms with van der Waals surface area (Å²) in [5.41, 5.74) is 6.63. The molecule has 0 heterocycles. The number of hydrogen-bond donors (Lipinski definition) is 2. The first-order chi connectivity index (χ1) is 6.86. The van der Waals surface area contributed by atoms with Crippen LogP contribution in [0.4, 0.5) is 0 Å². The summed E-state index contributed by atoms with van der Waals surface area (Å²) < 4.78 is 5.13. The Morgan fingerprint density at radius 3 is 3.00 bits per heavy atom. The summed E-state index contributed by atoms with van der Waals surface area (Å²) in [6.07, 6.45) is 1.02. The zero-order valence-corrected chi connectivity index (χ0v) is 8.62. The predicted molar refractivity (Wildman–Crippen MR) is 58.4 cm³/mol. The molecule has 3 N–H and O–H groups in total. The molecule has 0 spiro atoms. The third kappa shape index (κ3) is 3.77. The highest BCUT2D eigenvalue weighted by atomic mass is 16.5. The van der Waals surface area contributed by atoms with Gasteiger partial charge in [0.05, 0.1) is 7.11 Å². The van der Waals surface area contributed by atoms with Gasteiger partial charge >= 0.3 is 0 Å². The van der Waals surface area contributed by atoms with E-state index in [1.54, 1.807) is 7.11 Å². The van der Waals surface area contributed by atoms with Gasteiger partial charge in [-0.3, -0.25) is 0 Å². The highest BCUT2D eigenvalue weighted by molar-refractivity contribution is 5.28. The topological polar surface area (TPSA) is 47.3 Å². The lowest BCUT2D eigenvalue weighted by Crippen LogP contribution is -2.17. The summed E-state index contributed by atoms with van der Waals surface area (Å²) in [5.74, 6) is 0.906. The number of methoxy groups -OCH3 is 1. The van der Waals surface area contributed by atoms with Crippen molar-refractivity contribution in [2.75, 3.05) is 20.2 Å². The van der Waals surface area contributed by atoms with Crippen LogP contribution in [0.5, 0.6) is 5.75 Å². The first-order valence-electron chi connectivity index (χ1n) is 4.90. The maximum atomic E-state index is 5.39. The van der Waals surface area contributed by atoms with E-state index >= 15 is 0 Å². The number of ether oxygens (including phenoxy) is 1. The van der Waals surface area contributed by atoms with E-state index in [0.29, 0.717) is 0 Å². The molecule has 0 amide bonds. The molecule has 3 heteroatoms. The van der Waals surface area contributed by atoms with Crippen molar-refractivity contribution in [3.8, 4) is 5.75 Å². The molecule has 0 aromatic heterocycles. The maximum absolute atomic E-state index is 5.39. The number of nitrogens with two attached hydrogens (primary N) is 1. The standard InChI is InChI=1S/C11H18N2O/c1-14-11-5-2-4-10(8-11)9-13-7-3-6-12/h2,4-5,8,13H,3,6-7,9,12H2,1H3. The molecule has 0 aliphatic carbocycles. The second-order valence-electron chi connectivity index (χ2n) is 3.17. The van der Waals surface area contributed by atoms with Crippen LogP contribution in [-0.2, 0) is 6.54 Å². The molecule has 0 atom stereocenters. The normalized spacial score (nSPS) is 10.1. The molecule has 1 aromatic carbocycles. The first-order valence-corrected chi connectivity index (χ1v) is 4.90. The average molecular weight is 194 g/mol. The molecule has 1 aromatic rings. The van der Waals surface area contributed by atoms with Crippen LogP contribution in [0.3, 0.4) is 0 Å². The number of benzene rings is 1. The third-order valence-corrected chi connectivity index (χ3v) is 2.02. The number of nitrogens with one attached hydrogen (secondary N) is 1. The maximum Gasteiger partial charge on any atom is 0.119 e. The molecule has 0 fully saturated rings. The molecule has 0 aliphatic heterocycles. The van der Waals surface area contributed by atoms with Crippen LogP contribution >= 0.6 is 0 Å². The summed E-state index contributed by atoms with van der Waals surface area (Å²) in [6, 6.07) is 8.07. The summed E-state index contributed by atoms with van der Waals surface area (Å²) >= 11 is 0. The Hall–Kier alpha value is -1.06. The van der Waals surface area contributed by atoms with E-state index in [1.807, 2.05) is 18.2 Å². The fraction of sp³-hybridized carbons (Fsp3) is 0.455. The quantitative estimate of drug-likeness (QED) is 0.667. The highest BCUT2D eigenvalue weighted by Gasteiger charge is 1.94. The van der Waals surface area contributed by atoms with Gasteiger partial charge in [0.1, 0.15) is 5.75 Å². The van der Waals surface area contributed by atoms with Crippen LogP contribution in [0.1, 0.15) is 12.0 Å². The van der Waals surface area contributed by atoms with Gasteiger partial charge in [0, 0.05) is 6.54 Å². The van der Waals surface area contributed by atoms with Crippen LogP contribution in [-0.4, -0.2) is 20.2 Å². The van der Waals surface area contributed by atoms with Crippen LogP contribution in [0.25, 0.3) is 0 Å². The van der Waals surface area contributed by atoms with Gasteiger partial charge in [0.2, 0.25) is 0 Å². The molecule has 14 heavy (non-hydrogen) atoms. The van der Waals surface area contributed by atoms with Crippen molar-refractivity contribution >= 4 is 0 Å². The summed E-state index contributed by atoms with van der Waals surface area (Å²) in [6.45, 7) is 2.58. The molecule has 1 rings (SSSR count). The minimum Gasteiger partial charge on any atom is -0.497 e. The SMILES string of the molecule is COc1cccc(CNCCCN)c1. The van der Waals surface area contributed by atoms with E-state index in [0.717, 1.165) is 31.8 Å². The second-order valence-corrected chi connectivity index (χ2v) is 3.17. The molecule has 0 saturated heterocycles. The predicted octanol–water partition coefficient (Wildman–Crippen LogP) is 1.13. The fourth-order valence-corrected chi connectivity index (χ4v) is 1.24. The van der Waals surface area contributed by atoms with E-state index in [2.05, 4.69) is 11.4 Å². The van der Waals surface area contributed by atoms with Crippen LogP contribution in [0.15, 0.2) is 24.3 Å². The zero-order valence-electron chi connectivity index (χ0n) is 8.62. The Kier molecular flexibility index (Phi) is 5.04. The molecule has 3 nitrogen and oxygen atoms in total. The van der Waals surface area contributed by atoms with Gasteiger partial charge in [-0.25, -0.2) is 0 Å². The Bertz CT molecular complexity index is 263. The van der Waals surface area contributed by atoms with E-state index < -0.39 is 0 Å². The minimum atomic E-state index is 0.741. The molecule has 0 aliphatic rings. The monoisotopic (exact) mass is 194 g/mol. The lowest BCUT2D eigenvalue weighted by molar-refractivity contribution is 0.414. The van der Waals surface area contributed by atoms with Crippen LogP contribution in [0, 0.1) is 0 Å². The second kappa shape index (κ2) is 6.40. The molecule has 0 unspecified atom stereocenters. The van der Waals surface area contributed by atoms with Crippen molar-refractivity contribution in [2.24, 2.45) is 5.73 Å². The molecule has 0 saturated carbocycles. The lowest BCUT2D eigenvalue weighted by Gasteiger charge is -2.05. The Morgan fingerprint density at radius 1 is 1.43 bits per heavy atom. The van der Waals surface area contributed by atoms with Crippen molar-refractivity contribution in [3.63, 3.8) is 0 Å². The Labute approximate surface area is 85.3 Å². The van der Waals surface area contributed by atoms with Gasteiger partial charge < -0.3 is 15.8 Å². The molecular weight excluding hydrogens is 176 g/mol. The van der Waals surface area contributed by atoms with Gasteiger partial charge in [-0.1, -0.05) is 12.1 Å². The van der Waals surface area contributed by atoms with Gasteiger partial charge in [0.15, 0.2) is 0 Å². The van der Waals surface area contributed by atoms with E-state index in [9.17, 15) is 0 Å². The van der Waals surface area contributed by atoms with Gasteiger partial charge in [0.25, 0.3) is 0 Å². The molecular formula is C11H18N2O. The first kappa shape index (κ1) is 11.0. The van der Waals surface area contributed by atoms with Crippen molar-refractivity contribution < 1.29 is 4.74 Å². The van der Waals surface area contributed by atoms with Crippen LogP contribution in [0.2, 0.25) is 0 Å². The van der Waals surface area contributed by atoms with Gasteiger partial charge in [-0.2, -0.15) is 0 Å². The van der Waals surface area contributed by atoms with Crippen molar-refractivity contribution in [1.29, 1.82) is 0 Å². The summed E-state index contributed by atoms with van der Waals surface area (Å²) in [7, 11) is 1.68. The van der Waals surface area contributed by atoms with E-state index in [4.69, 9.17) is 10.5 Å². The zero-order chi connectivity index (χ0) is 10.2. The van der Waals surface area contributed by atoms with Crippen molar-refractivity contribution in [1.82, 2.24) is 5.32 Å².